The maximum Gasteiger partial charge on any atom is 0.224 e. The van der Waals surface area contributed by atoms with Crippen LogP contribution in [0.25, 0.3) is 0 Å². The molecule has 18 heavy (non-hydrogen) atoms. The van der Waals surface area contributed by atoms with Gasteiger partial charge in [0.15, 0.2) is 0 Å². The van der Waals surface area contributed by atoms with Gasteiger partial charge < -0.3 is 10.6 Å². The summed E-state index contributed by atoms with van der Waals surface area (Å²) in [5.74, 6) is 2.27. The third kappa shape index (κ3) is 2.04. The number of nitrogens with zero attached hydrogens (tertiary/aromatic N) is 2. The topological polar surface area (TPSA) is 49.8 Å². The second kappa shape index (κ2) is 4.11. The summed E-state index contributed by atoms with van der Waals surface area (Å²) in [7, 11) is 1.84. The fourth-order valence-corrected chi connectivity index (χ4v) is 2.82. The van der Waals surface area contributed by atoms with Crippen LogP contribution in [0, 0.1) is 23.7 Å². The molecule has 0 bridgehead atoms. The number of rotatable bonds is 4. The van der Waals surface area contributed by atoms with Gasteiger partial charge in [0.25, 0.3) is 0 Å². The van der Waals surface area contributed by atoms with Crippen molar-refractivity contribution >= 4 is 11.8 Å². The lowest BCUT2D eigenvalue weighted by molar-refractivity contribution is 0.457. The molecule has 1 aliphatic carbocycles. The van der Waals surface area contributed by atoms with E-state index in [4.69, 9.17) is 0 Å². The third-order valence-electron chi connectivity index (χ3n) is 4.88. The zero-order chi connectivity index (χ0) is 13.6. The van der Waals surface area contributed by atoms with E-state index in [9.17, 15) is 0 Å². The van der Waals surface area contributed by atoms with Crippen LogP contribution in [0.4, 0.5) is 11.8 Å². The molecule has 4 heteroatoms. The maximum atomic E-state index is 4.41. The first-order valence-corrected chi connectivity index (χ1v) is 6.56. The monoisotopic (exact) mass is 248 g/mol. The summed E-state index contributed by atoms with van der Waals surface area (Å²) >= 11 is 0. The van der Waals surface area contributed by atoms with Crippen molar-refractivity contribution in [3.05, 3.63) is 11.8 Å². The Kier molecular flexibility index (Phi) is 2.99. The number of aryl methyl sites for hydroxylation is 1. The summed E-state index contributed by atoms with van der Waals surface area (Å²) in [6.45, 7) is 12.3. The summed E-state index contributed by atoms with van der Waals surface area (Å²) in [6.07, 6.45) is 0. The number of anilines is 2. The molecule has 2 rings (SSSR count). The molecule has 1 saturated carbocycles. The second-order valence-corrected chi connectivity index (χ2v) is 6.35. The number of hydrogen-bond donors (Lipinski definition) is 2. The molecule has 1 aromatic rings. The zero-order valence-corrected chi connectivity index (χ0v) is 12.3. The lowest BCUT2D eigenvalue weighted by Gasteiger charge is -2.09. The third-order valence-corrected chi connectivity index (χ3v) is 4.88. The number of nitrogens with one attached hydrogen (secondary N) is 2. The summed E-state index contributed by atoms with van der Waals surface area (Å²) in [6, 6.07) is 1.99. The van der Waals surface area contributed by atoms with E-state index in [-0.39, 0.29) is 0 Å². The Hall–Kier alpha value is -1.32. The zero-order valence-electron chi connectivity index (χ0n) is 12.3. The van der Waals surface area contributed by atoms with Gasteiger partial charge >= 0.3 is 0 Å². The second-order valence-electron chi connectivity index (χ2n) is 6.35. The molecule has 0 saturated heterocycles. The van der Waals surface area contributed by atoms with Gasteiger partial charge in [0.05, 0.1) is 0 Å². The van der Waals surface area contributed by atoms with E-state index in [2.05, 4.69) is 48.3 Å². The van der Waals surface area contributed by atoms with Crippen LogP contribution in [-0.4, -0.2) is 23.6 Å². The van der Waals surface area contributed by atoms with Crippen molar-refractivity contribution in [2.75, 3.05) is 24.2 Å². The van der Waals surface area contributed by atoms with E-state index in [0.717, 1.165) is 18.1 Å². The van der Waals surface area contributed by atoms with Crippen molar-refractivity contribution in [2.24, 2.45) is 16.7 Å². The molecule has 0 unspecified atom stereocenters. The number of hydrogen-bond acceptors (Lipinski definition) is 4. The first-order valence-electron chi connectivity index (χ1n) is 6.56. The van der Waals surface area contributed by atoms with E-state index < -0.39 is 0 Å². The Labute approximate surface area is 110 Å². The van der Waals surface area contributed by atoms with E-state index in [1.54, 1.807) is 0 Å². The van der Waals surface area contributed by atoms with Gasteiger partial charge in [-0.2, -0.15) is 4.98 Å². The van der Waals surface area contributed by atoms with Crippen LogP contribution in [0.1, 0.15) is 33.4 Å². The van der Waals surface area contributed by atoms with E-state index in [1.165, 1.54) is 0 Å². The molecule has 0 amide bonds. The Morgan fingerprint density at radius 1 is 1.17 bits per heavy atom. The molecule has 0 spiro atoms. The molecule has 0 aliphatic heterocycles. The van der Waals surface area contributed by atoms with Crippen LogP contribution in [0.5, 0.6) is 0 Å². The van der Waals surface area contributed by atoms with E-state index >= 15 is 0 Å². The van der Waals surface area contributed by atoms with Gasteiger partial charge in [-0.1, -0.05) is 27.7 Å². The lowest BCUT2D eigenvalue weighted by atomic mass is 10.0. The molecular weight excluding hydrogens is 224 g/mol. The van der Waals surface area contributed by atoms with Gasteiger partial charge in [-0.05, 0) is 23.7 Å². The molecule has 0 aromatic carbocycles. The molecule has 0 radical (unpaired) electrons. The molecule has 0 atom stereocenters. The molecule has 1 fully saturated rings. The fourth-order valence-electron chi connectivity index (χ4n) is 2.82. The minimum absolute atomic E-state index is 0.411. The fraction of sp³-hybridized carbons (Fsp3) is 0.714. The highest BCUT2D eigenvalue weighted by molar-refractivity contribution is 5.42. The Balaban J connectivity index is 2.02. The molecule has 2 N–H and O–H groups in total. The van der Waals surface area contributed by atoms with Gasteiger partial charge in [-0.25, -0.2) is 4.98 Å². The van der Waals surface area contributed by atoms with Gasteiger partial charge in [-0.3, -0.25) is 0 Å². The van der Waals surface area contributed by atoms with E-state index in [1.807, 2.05) is 20.0 Å². The smallest absolute Gasteiger partial charge is 0.224 e. The lowest BCUT2D eigenvalue weighted by Crippen LogP contribution is -2.11. The highest BCUT2D eigenvalue weighted by Gasteiger charge is 2.64. The van der Waals surface area contributed by atoms with Crippen molar-refractivity contribution < 1.29 is 0 Å². The van der Waals surface area contributed by atoms with Crippen LogP contribution in [0.2, 0.25) is 0 Å². The van der Waals surface area contributed by atoms with Crippen LogP contribution < -0.4 is 10.6 Å². The van der Waals surface area contributed by atoms with Gasteiger partial charge in [0.2, 0.25) is 5.95 Å². The molecule has 4 nitrogen and oxygen atoms in total. The van der Waals surface area contributed by atoms with Gasteiger partial charge in [0.1, 0.15) is 5.82 Å². The number of aromatic nitrogens is 2. The van der Waals surface area contributed by atoms with Crippen LogP contribution in [-0.2, 0) is 0 Å². The molecule has 1 aromatic heterocycles. The Morgan fingerprint density at radius 2 is 1.78 bits per heavy atom. The summed E-state index contributed by atoms with van der Waals surface area (Å²) < 4.78 is 0. The Morgan fingerprint density at radius 3 is 2.28 bits per heavy atom. The van der Waals surface area contributed by atoms with Gasteiger partial charge in [0, 0.05) is 25.4 Å². The van der Waals surface area contributed by atoms with Gasteiger partial charge in [-0.15, -0.1) is 0 Å². The largest absolute Gasteiger partial charge is 0.370 e. The predicted molar refractivity (Wildman–Crippen MR) is 75.9 cm³/mol. The van der Waals surface area contributed by atoms with Crippen molar-refractivity contribution in [2.45, 2.75) is 34.6 Å². The Bertz CT molecular complexity index is 437. The average molecular weight is 248 g/mol. The quantitative estimate of drug-likeness (QED) is 0.860. The first-order chi connectivity index (χ1) is 8.29. The van der Waals surface area contributed by atoms with Crippen molar-refractivity contribution in [3.63, 3.8) is 0 Å². The predicted octanol–water partition coefficient (Wildman–Crippen LogP) is 2.92. The first kappa shape index (κ1) is 13.1. The SMILES string of the molecule is CNc1nc(C)cc(NCC2C(C)(C)C2(C)C)n1. The molecular formula is C14H24N4. The summed E-state index contributed by atoms with van der Waals surface area (Å²) in [5, 5.41) is 6.42. The van der Waals surface area contributed by atoms with Crippen LogP contribution in [0.15, 0.2) is 6.07 Å². The molecule has 1 aliphatic rings. The maximum absolute atomic E-state index is 4.41. The highest BCUT2D eigenvalue weighted by Crippen LogP contribution is 2.68. The average Bonchev–Trinajstić information content (AvgIpc) is 2.66. The van der Waals surface area contributed by atoms with Crippen LogP contribution >= 0.6 is 0 Å². The van der Waals surface area contributed by atoms with Crippen molar-refractivity contribution in [1.29, 1.82) is 0 Å². The molecule has 1 heterocycles. The van der Waals surface area contributed by atoms with E-state index in [0.29, 0.717) is 22.7 Å². The summed E-state index contributed by atoms with van der Waals surface area (Å²) in [4.78, 5) is 8.70. The van der Waals surface area contributed by atoms with Crippen molar-refractivity contribution in [3.8, 4) is 0 Å². The highest BCUT2D eigenvalue weighted by atomic mass is 15.1. The van der Waals surface area contributed by atoms with Crippen molar-refractivity contribution in [1.82, 2.24) is 9.97 Å². The minimum Gasteiger partial charge on any atom is -0.370 e. The molecule has 100 valence electrons. The minimum atomic E-state index is 0.411. The normalized spacial score (nSPS) is 20.6. The summed E-state index contributed by atoms with van der Waals surface area (Å²) in [5.41, 5.74) is 1.80. The standard InChI is InChI=1S/C14H24N4/c1-9-7-11(18-12(15-6)17-9)16-8-10-13(2,3)14(10,4)5/h7,10H,8H2,1-6H3,(H2,15,16,17,18). The van der Waals surface area contributed by atoms with Crippen LogP contribution in [0.3, 0.4) is 0 Å².